The van der Waals surface area contributed by atoms with Crippen molar-refractivity contribution in [3.8, 4) is 12.8 Å². The molecule has 42 valence electrons. The van der Waals surface area contributed by atoms with Crippen LogP contribution < -0.4 is 0 Å². The first-order chi connectivity index (χ1) is 3.83. The predicted molar refractivity (Wildman–Crippen MR) is 26.7 cm³/mol. The van der Waals surface area contributed by atoms with Gasteiger partial charge in [-0.15, -0.1) is 12.8 Å². The largest absolute Gasteiger partial charge is 0.231 e. The van der Waals surface area contributed by atoms with Crippen molar-refractivity contribution in [1.82, 2.24) is 0 Å². The number of hydrogen-bond acceptors (Lipinski definition) is 4. The minimum absolute atomic E-state index is 0.750. The van der Waals surface area contributed by atoms with Crippen LogP contribution in [0.3, 0.4) is 0 Å². The van der Waals surface area contributed by atoms with E-state index >= 15 is 0 Å². The molecule has 0 saturated heterocycles. The highest BCUT2D eigenvalue weighted by atomic mass is 16.1. The summed E-state index contributed by atoms with van der Waals surface area (Å²) in [4.78, 5) is 16.7. The van der Waals surface area contributed by atoms with E-state index < -0.39 is 0 Å². The minimum Gasteiger partial charge on any atom is -0.222 e. The van der Waals surface area contributed by atoms with E-state index in [-0.39, 0.29) is 0 Å². The maximum absolute atomic E-state index is 8.35. The van der Waals surface area contributed by atoms with Crippen molar-refractivity contribution >= 4 is 12.2 Å². The van der Waals surface area contributed by atoms with Gasteiger partial charge in [0, 0.05) is 0 Å². The van der Waals surface area contributed by atoms with Crippen LogP contribution in [0.2, 0.25) is 0 Å². The number of rotatable bonds is 0. The van der Waals surface area contributed by atoms with Gasteiger partial charge in [-0.3, -0.25) is 0 Å². The lowest BCUT2D eigenvalue weighted by Gasteiger charge is -1.02. The van der Waals surface area contributed by atoms with Crippen LogP contribution in [0.4, 0.5) is 0 Å². The first-order valence-electron chi connectivity index (χ1n) is 1.24. The Balaban J connectivity index is -0.0000000483. The van der Waals surface area contributed by atoms with E-state index in [4.69, 9.17) is 20.4 Å². The van der Waals surface area contributed by atoms with Gasteiger partial charge in [-0.2, -0.15) is 0 Å². The third-order valence-corrected chi connectivity index (χ3v) is 0. The van der Waals surface area contributed by atoms with E-state index in [0.717, 1.165) is 12.2 Å². The molecule has 0 unspecified atom stereocenters. The zero-order valence-electron chi connectivity index (χ0n) is 3.97. The van der Waals surface area contributed by atoms with Gasteiger partial charge in [0.2, 0.25) is 12.2 Å². The highest BCUT2D eigenvalue weighted by Crippen LogP contribution is 0.871. The fourth-order valence-corrected chi connectivity index (χ4v) is 0. The quantitative estimate of drug-likeness (QED) is 0.263. The average molecular weight is 112 g/mol. The van der Waals surface area contributed by atoms with E-state index in [9.17, 15) is 0 Å². The monoisotopic (exact) mass is 112 g/mol. The van der Waals surface area contributed by atoms with Gasteiger partial charge >= 0.3 is 0 Å². The van der Waals surface area contributed by atoms with Crippen LogP contribution in [0.25, 0.3) is 0 Å². The van der Waals surface area contributed by atoms with Crippen LogP contribution >= 0.6 is 0 Å². The standard InChI is InChI=1S/C2H2.2CHNO/c1-2;2*2-1-3/h1-2H;2*2H. The topological polar surface area (TPSA) is 81.8 Å². The van der Waals surface area contributed by atoms with E-state index in [2.05, 4.69) is 12.8 Å². The van der Waals surface area contributed by atoms with Crippen LogP contribution in [0.15, 0.2) is 0 Å². The molecule has 0 fully saturated rings. The van der Waals surface area contributed by atoms with Gasteiger partial charge in [0.15, 0.2) is 0 Å². The Morgan fingerprint density at radius 1 is 1.00 bits per heavy atom. The molecule has 8 heavy (non-hydrogen) atoms. The molecule has 0 aliphatic rings. The first kappa shape index (κ1) is 16.2. The molecule has 0 heterocycles. The summed E-state index contributed by atoms with van der Waals surface area (Å²) < 4.78 is 0. The molecule has 0 amide bonds. The average Bonchev–Trinajstić information content (AvgIpc) is 1.75. The number of terminal acetylenes is 1. The van der Waals surface area contributed by atoms with Gasteiger partial charge in [-0.25, -0.2) is 20.4 Å². The van der Waals surface area contributed by atoms with Crippen LogP contribution in [0, 0.1) is 23.7 Å². The molecule has 0 spiro atoms. The molecule has 0 radical (unpaired) electrons. The third kappa shape index (κ3) is 16.9. The highest BCUT2D eigenvalue weighted by Gasteiger charge is 1.04. The van der Waals surface area contributed by atoms with Crippen LogP contribution in [-0.2, 0) is 9.59 Å². The molecule has 4 heteroatoms. The van der Waals surface area contributed by atoms with E-state index in [0.29, 0.717) is 0 Å². The van der Waals surface area contributed by atoms with Gasteiger partial charge in [-0.1, -0.05) is 0 Å². The molecule has 0 aromatic rings. The molecular formula is C4H4N2O2. The highest BCUT2D eigenvalue weighted by molar-refractivity contribution is 5.26. The van der Waals surface area contributed by atoms with Crippen molar-refractivity contribution in [2.75, 3.05) is 0 Å². The Morgan fingerprint density at radius 3 is 1.00 bits per heavy atom. The van der Waals surface area contributed by atoms with E-state index in [1.165, 1.54) is 0 Å². The van der Waals surface area contributed by atoms with E-state index in [1.807, 2.05) is 0 Å². The lowest BCUT2D eigenvalue weighted by atomic mass is 11.4. The Kier molecular flexibility index (Phi) is 1970. The summed E-state index contributed by atoms with van der Waals surface area (Å²) >= 11 is 0. The summed E-state index contributed by atoms with van der Waals surface area (Å²) in [6.45, 7) is 0. The molecule has 0 aromatic carbocycles. The lowest BCUT2D eigenvalue weighted by Crippen LogP contribution is -1.16. The molecule has 0 saturated carbocycles. The number of carbonyl (C=O) groups excluding carboxylic acids is 2. The van der Waals surface area contributed by atoms with Crippen molar-refractivity contribution in [1.29, 1.82) is 10.8 Å². The fraction of sp³-hybridized carbons (Fsp3) is 0. The molecule has 0 aromatic heterocycles. The lowest BCUT2D eigenvalue weighted by molar-refractivity contribution is 0.562. The molecule has 0 aliphatic carbocycles. The maximum Gasteiger partial charge on any atom is 0.231 e. The smallest absolute Gasteiger partial charge is 0.222 e. The van der Waals surface area contributed by atoms with Gasteiger partial charge < -0.3 is 0 Å². The molecule has 2 N–H and O–H groups in total. The van der Waals surface area contributed by atoms with Crippen molar-refractivity contribution < 1.29 is 9.59 Å². The summed E-state index contributed by atoms with van der Waals surface area (Å²) in [6, 6.07) is 0. The predicted octanol–water partition coefficient (Wildman–Crippen LogP) is 0.0513. The Morgan fingerprint density at radius 2 is 1.00 bits per heavy atom. The molecular weight excluding hydrogens is 108 g/mol. The second kappa shape index (κ2) is 970. The van der Waals surface area contributed by atoms with Crippen molar-refractivity contribution in [3.05, 3.63) is 0 Å². The van der Waals surface area contributed by atoms with Crippen molar-refractivity contribution in [3.63, 3.8) is 0 Å². The van der Waals surface area contributed by atoms with Gasteiger partial charge in [0.05, 0.1) is 0 Å². The first-order valence-corrected chi connectivity index (χ1v) is 1.24. The summed E-state index contributed by atoms with van der Waals surface area (Å²) in [5, 5.41) is 10.8. The van der Waals surface area contributed by atoms with Crippen molar-refractivity contribution in [2.24, 2.45) is 0 Å². The summed E-state index contributed by atoms with van der Waals surface area (Å²) in [7, 11) is 0. The minimum atomic E-state index is 0.750. The molecule has 0 aliphatic heterocycles. The summed E-state index contributed by atoms with van der Waals surface area (Å²) in [6.07, 6.45) is 9.50. The molecule has 0 bridgehead atoms. The Hall–Kier alpha value is -1.68. The Labute approximate surface area is 46.5 Å². The van der Waals surface area contributed by atoms with Gasteiger partial charge in [-0.05, 0) is 0 Å². The van der Waals surface area contributed by atoms with E-state index in [1.54, 1.807) is 0 Å². The zero-order valence-corrected chi connectivity index (χ0v) is 3.97. The van der Waals surface area contributed by atoms with Crippen LogP contribution in [0.1, 0.15) is 0 Å². The number of hydrogen-bond donors (Lipinski definition) is 2. The SMILES string of the molecule is C#C.N=C=O.N=C=O. The zero-order chi connectivity index (χ0) is 7.41. The molecule has 0 atom stereocenters. The summed E-state index contributed by atoms with van der Waals surface area (Å²) in [5.74, 6) is 0. The van der Waals surface area contributed by atoms with Crippen LogP contribution in [0.5, 0.6) is 0 Å². The molecule has 4 nitrogen and oxygen atoms in total. The number of isocyanates is 2. The normalized spacial score (nSPS) is 2.25. The Bertz CT molecular complexity index is 92.5. The van der Waals surface area contributed by atoms with Crippen LogP contribution in [-0.4, -0.2) is 12.2 Å². The third-order valence-electron chi connectivity index (χ3n) is 0. The molecule has 0 rings (SSSR count). The fourth-order valence-electron chi connectivity index (χ4n) is 0. The second-order valence-corrected chi connectivity index (χ2v) is 0.204. The second-order valence-electron chi connectivity index (χ2n) is 0.204. The number of nitrogens with one attached hydrogen (secondary N) is 2. The van der Waals surface area contributed by atoms with Gasteiger partial charge in [0.25, 0.3) is 0 Å². The maximum atomic E-state index is 8.35. The van der Waals surface area contributed by atoms with Gasteiger partial charge in [0.1, 0.15) is 0 Å². The van der Waals surface area contributed by atoms with Crippen molar-refractivity contribution in [2.45, 2.75) is 0 Å². The summed E-state index contributed by atoms with van der Waals surface area (Å²) in [5.41, 5.74) is 0.